The summed E-state index contributed by atoms with van der Waals surface area (Å²) in [6.45, 7) is 3.82. The van der Waals surface area contributed by atoms with Crippen LogP contribution in [0.5, 0.6) is 0 Å². The van der Waals surface area contributed by atoms with Crippen LogP contribution in [0.15, 0.2) is 28.7 Å². The highest BCUT2D eigenvalue weighted by molar-refractivity contribution is 5.74. The molecule has 108 valence electrons. The van der Waals surface area contributed by atoms with E-state index in [2.05, 4.69) is 25.1 Å². The van der Waals surface area contributed by atoms with Gasteiger partial charge in [-0.3, -0.25) is 0 Å². The van der Waals surface area contributed by atoms with Crippen LogP contribution in [0.2, 0.25) is 0 Å². The predicted molar refractivity (Wildman–Crippen MR) is 79.1 cm³/mol. The SMILES string of the molecule is Cc1nnc2n1CC(CNc1nc3ccccc3o1)CC2. The van der Waals surface area contributed by atoms with Crippen molar-refractivity contribution in [3.8, 4) is 0 Å². The first-order valence-electron chi connectivity index (χ1n) is 7.28. The van der Waals surface area contributed by atoms with Crippen molar-refractivity contribution in [1.29, 1.82) is 0 Å². The second-order valence-corrected chi connectivity index (χ2v) is 5.55. The van der Waals surface area contributed by atoms with Gasteiger partial charge < -0.3 is 14.3 Å². The van der Waals surface area contributed by atoms with Gasteiger partial charge in [0.25, 0.3) is 6.01 Å². The molecule has 6 heteroatoms. The lowest BCUT2D eigenvalue weighted by Crippen LogP contribution is -2.26. The van der Waals surface area contributed by atoms with Gasteiger partial charge in [-0.1, -0.05) is 12.1 Å². The molecule has 6 nitrogen and oxygen atoms in total. The Labute approximate surface area is 122 Å². The number of hydrogen-bond donors (Lipinski definition) is 1. The van der Waals surface area contributed by atoms with E-state index in [1.807, 2.05) is 31.2 Å². The number of nitrogens with one attached hydrogen (secondary N) is 1. The summed E-state index contributed by atoms with van der Waals surface area (Å²) < 4.78 is 7.89. The number of para-hydroxylation sites is 2. The molecular formula is C15H17N5O. The van der Waals surface area contributed by atoms with Gasteiger partial charge in [-0.15, -0.1) is 10.2 Å². The zero-order chi connectivity index (χ0) is 14.2. The summed E-state index contributed by atoms with van der Waals surface area (Å²) >= 11 is 0. The summed E-state index contributed by atoms with van der Waals surface area (Å²) in [7, 11) is 0. The van der Waals surface area contributed by atoms with E-state index in [9.17, 15) is 0 Å². The van der Waals surface area contributed by atoms with Crippen LogP contribution >= 0.6 is 0 Å². The zero-order valence-corrected chi connectivity index (χ0v) is 11.9. The van der Waals surface area contributed by atoms with Gasteiger partial charge in [0.2, 0.25) is 0 Å². The summed E-state index contributed by atoms with van der Waals surface area (Å²) in [6.07, 6.45) is 2.10. The van der Waals surface area contributed by atoms with E-state index < -0.39 is 0 Å². The molecule has 1 atom stereocenters. The largest absolute Gasteiger partial charge is 0.424 e. The number of nitrogens with zero attached hydrogens (tertiary/aromatic N) is 4. The Morgan fingerprint density at radius 3 is 3.14 bits per heavy atom. The maximum Gasteiger partial charge on any atom is 0.295 e. The third-order valence-electron chi connectivity index (χ3n) is 4.07. The van der Waals surface area contributed by atoms with Crippen LogP contribution in [0.25, 0.3) is 11.1 Å². The summed E-state index contributed by atoms with van der Waals surface area (Å²) in [6, 6.07) is 8.40. The minimum Gasteiger partial charge on any atom is -0.424 e. The van der Waals surface area contributed by atoms with Gasteiger partial charge in [0, 0.05) is 19.5 Å². The maximum absolute atomic E-state index is 5.68. The van der Waals surface area contributed by atoms with Crippen LogP contribution < -0.4 is 5.32 Å². The highest BCUT2D eigenvalue weighted by Crippen LogP contribution is 2.22. The van der Waals surface area contributed by atoms with E-state index >= 15 is 0 Å². The van der Waals surface area contributed by atoms with Crippen molar-refractivity contribution in [2.75, 3.05) is 11.9 Å². The summed E-state index contributed by atoms with van der Waals surface area (Å²) in [5.74, 6) is 2.64. The summed E-state index contributed by atoms with van der Waals surface area (Å²) in [5.41, 5.74) is 1.71. The zero-order valence-electron chi connectivity index (χ0n) is 11.9. The fraction of sp³-hybridized carbons (Fsp3) is 0.400. The second kappa shape index (κ2) is 4.87. The molecule has 1 aliphatic heterocycles. The first-order chi connectivity index (χ1) is 10.3. The number of aromatic nitrogens is 4. The number of benzene rings is 1. The van der Waals surface area contributed by atoms with E-state index in [-0.39, 0.29) is 0 Å². The molecule has 1 N–H and O–H groups in total. The second-order valence-electron chi connectivity index (χ2n) is 5.55. The molecule has 1 unspecified atom stereocenters. The van der Waals surface area contributed by atoms with Crippen LogP contribution in [0.4, 0.5) is 6.01 Å². The molecule has 21 heavy (non-hydrogen) atoms. The Hall–Kier alpha value is -2.37. The van der Waals surface area contributed by atoms with Gasteiger partial charge in [0.1, 0.15) is 17.2 Å². The summed E-state index contributed by atoms with van der Waals surface area (Å²) in [4.78, 5) is 4.44. The lowest BCUT2D eigenvalue weighted by molar-refractivity contribution is 0.374. The number of anilines is 1. The van der Waals surface area contributed by atoms with E-state index in [0.717, 1.165) is 48.7 Å². The van der Waals surface area contributed by atoms with E-state index in [1.165, 1.54) is 0 Å². The Balaban J connectivity index is 1.44. The Morgan fingerprint density at radius 2 is 2.24 bits per heavy atom. The third kappa shape index (κ3) is 2.26. The quantitative estimate of drug-likeness (QED) is 0.799. The van der Waals surface area contributed by atoms with E-state index in [1.54, 1.807) is 0 Å². The van der Waals surface area contributed by atoms with Crippen LogP contribution in [-0.4, -0.2) is 26.3 Å². The fourth-order valence-corrected chi connectivity index (χ4v) is 2.88. The molecule has 0 fully saturated rings. The topological polar surface area (TPSA) is 68.8 Å². The molecular weight excluding hydrogens is 266 g/mol. The number of aryl methyl sites for hydroxylation is 2. The normalized spacial score (nSPS) is 17.9. The van der Waals surface area contributed by atoms with Gasteiger partial charge >= 0.3 is 0 Å². The maximum atomic E-state index is 5.68. The molecule has 0 spiro atoms. The number of rotatable bonds is 3. The van der Waals surface area contributed by atoms with Gasteiger partial charge in [-0.25, -0.2) is 0 Å². The Morgan fingerprint density at radius 1 is 1.33 bits per heavy atom. The summed E-state index contributed by atoms with van der Waals surface area (Å²) in [5, 5.41) is 11.7. The highest BCUT2D eigenvalue weighted by Gasteiger charge is 2.21. The predicted octanol–water partition coefficient (Wildman–Crippen LogP) is 2.40. The molecule has 0 saturated heterocycles. The fourth-order valence-electron chi connectivity index (χ4n) is 2.88. The first kappa shape index (κ1) is 12.4. The lowest BCUT2D eigenvalue weighted by atomic mass is 9.99. The van der Waals surface area contributed by atoms with Gasteiger partial charge in [0.15, 0.2) is 5.58 Å². The molecule has 0 bridgehead atoms. The van der Waals surface area contributed by atoms with Gasteiger partial charge in [-0.2, -0.15) is 4.98 Å². The van der Waals surface area contributed by atoms with Crippen molar-refractivity contribution < 1.29 is 4.42 Å². The molecule has 0 amide bonds. The molecule has 3 aromatic rings. The molecule has 1 aromatic carbocycles. The van der Waals surface area contributed by atoms with Crippen molar-refractivity contribution in [2.45, 2.75) is 26.3 Å². The lowest BCUT2D eigenvalue weighted by Gasteiger charge is -2.23. The standard InChI is InChI=1S/C15H17N5O/c1-10-18-19-14-7-6-11(9-20(10)14)8-16-15-17-12-4-2-3-5-13(12)21-15/h2-5,11H,6-9H2,1H3,(H,16,17). The molecule has 1 aliphatic rings. The molecule has 0 saturated carbocycles. The van der Waals surface area contributed by atoms with E-state index in [0.29, 0.717) is 11.9 Å². The molecule has 3 heterocycles. The van der Waals surface area contributed by atoms with Gasteiger partial charge in [-0.05, 0) is 31.4 Å². The van der Waals surface area contributed by atoms with Crippen molar-refractivity contribution in [2.24, 2.45) is 5.92 Å². The van der Waals surface area contributed by atoms with Crippen molar-refractivity contribution in [3.05, 3.63) is 35.9 Å². The minimum absolute atomic E-state index is 0.544. The molecule has 0 radical (unpaired) electrons. The Bertz CT molecular complexity index is 742. The minimum atomic E-state index is 0.544. The molecule has 0 aliphatic carbocycles. The van der Waals surface area contributed by atoms with Crippen LogP contribution in [0.1, 0.15) is 18.1 Å². The van der Waals surface area contributed by atoms with Gasteiger partial charge in [0.05, 0.1) is 0 Å². The van der Waals surface area contributed by atoms with Crippen LogP contribution in [0, 0.1) is 12.8 Å². The van der Waals surface area contributed by atoms with Crippen LogP contribution in [0.3, 0.4) is 0 Å². The number of hydrogen-bond acceptors (Lipinski definition) is 5. The average Bonchev–Trinajstić information content (AvgIpc) is 3.09. The smallest absolute Gasteiger partial charge is 0.295 e. The molecule has 2 aromatic heterocycles. The first-order valence-corrected chi connectivity index (χ1v) is 7.28. The van der Waals surface area contributed by atoms with Crippen molar-refractivity contribution in [3.63, 3.8) is 0 Å². The van der Waals surface area contributed by atoms with E-state index in [4.69, 9.17) is 4.42 Å². The van der Waals surface area contributed by atoms with Crippen molar-refractivity contribution >= 4 is 17.1 Å². The molecule has 4 rings (SSSR count). The van der Waals surface area contributed by atoms with Crippen molar-refractivity contribution in [1.82, 2.24) is 19.7 Å². The highest BCUT2D eigenvalue weighted by atomic mass is 16.4. The number of fused-ring (bicyclic) bond motifs is 2. The van der Waals surface area contributed by atoms with Crippen LogP contribution in [-0.2, 0) is 13.0 Å². The Kier molecular flexibility index (Phi) is 2.87. The third-order valence-corrected chi connectivity index (χ3v) is 4.07. The average molecular weight is 283 g/mol. The number of oxazole rings is 1. The monoisotopic (exact) mass is 283 g/mol.